The molecule has 10 heteroatoms. The van der Waals surface area contributed by atoms with Crippen LogP contribution in [0.25, 0.3) is 0 Å². The molecule has 0 aromatic heterocycles. The predicted octanol–water partition coefficient (Wildman–Crippen LogP) is 12.0. The van der Waals surface area contributed by atoms with Gasteiger partial charge in [-0.2, -0.15) is 0 Å². The van der Waals surface area contributed by atoms with Crippen molar-refractivity contribution in [3.05, 3.63) is 0 Å². The van der Waals surface area contributed by atoms with Crippen molar-refractivity contribution in [3.63, 3.8) is 0 Å². The molecular weight excluding hydrogens is 807 g/mol. The van der Waals surface area contributed by atoms with Crippen LogP contribution in [0.2, 0.25) is 0 Å². The fourth-order valence-corrected chi connectivity index (χ4v) is 9.32. The molecule has 0 radical (unpaired) electrons. The summed E-state index contributed by atoms with van der Waals surface area (Å²) in [5, 5.41) is 65.4. The van der Waals surface area contributed by atoms with Gasteiger partial charge in [0.1, 0.15) is 30.5 Å². The van der Waals surface area contributed by atoms with Gasteiger partial charge < -0.3 is 45.4 Å². The number of aliphatic hydroxyl groups excluding tert-OH is 6. The van der Waals surface area contributed by atoms with E-state index in [4.69, 9.17) is 9.47 Å². The van der Waals surface area contributed by atoms with Crippen molar-refractivity contribution in [1.29, 1.82) is 0 Å². The molecule has 1 amide bonds. The highest BCUT2D eigenvalue weighted by Gasteiger charge is 2.44. The van der Waals surface area contributed by atoms with Crippen molar-refractivity contribution in [2.75, 3.05) is 13.2 Å². The van der Waals surface area contributed by atoms with Crippen molar-refractivity contribution >= 4 is 5.91 Å². The van der Waals surface area contributed by atoms with Gasteiger partial charge in [-0.25, -0.2) is 0 Å². The molecule has 1 aliphatic rings. The predicted molar refractivity (Wildman–Crippen MR) is 264 cm³/mol. The fraction of sp³-hybridized carbons (Fsp3) is 0.981. The maximum atomic E-state index is 13.1. The van der Waals surface area contributed by atoms with Gasteiger partial charge in [0.05, 0.1) is 25.4 Å². The smallest absolute Gasteiger partial charge is 0.220 e. The lowest BCUT2D eigenvalue weighted by Crippen LogP contribution is -2.60. The van der Waals surface area contributed by atoms with Crippen LogP contribution in [0.1, 0.15) is 277 Å². The van der Waals surface area contributed by atoms with Gasteiger partial charge >= 0.3 is 0 Å². The minimum Gasteiger partial charge on any atom is -0.394 e. The van der Waals surface area contributed by atoms with E-state index in [0.717, 1.165) is 38.5 Å². The lowest BCUT2D eigenvalue weighted by molar-refractivity contribution is -0.303. The van der Waals surface area contributed by atoms with E-state index < -0.39 is 55.6 Å². The molecule has 1 aliphatic heterocycles. The van der Waals surface area contributed by atoms with E-state index in [1.54, 1.807) is 0 Å². The summed E-state index contributed by atoms with van der Waals surface area (Å²) in [4.78, 5) is 13.1. The third-order valence-electron chi connectivity index (χ3n) is 13.8. The molecule has 2 unspecified atom stereocenters. The Balaban J connectivity index is 2.23. The highest BCUT2D eigenvalue weighted by atomic mass is 16.7. The molecule has 8 atom stereocenters. The number of carbonyl (C=O) groups excluding carboxylic acids is 1. The summed E-state index contributed by atoms with van der Waals surface area (Å²) in [6.45, 7) is 3.65. The molecule has 0 saturated carbocycles. The number of amides is 1. The van der Waals surface area contributed by atoms with E-state index >= 15 is 0 Å². The number of ether oxygens (including phenoxy) is 2. The van der Waals surface area contributed by atoms with Crippen LogP contribution in [-0.4, -0.2) is 98.7 Å². The fourth-order valence-electron chi connectivity index (χ4n) is 9.32. The van der Waals surface area contributed by atoms with Crippen molar-refractivity contribution in [2.24, 2.45) is 0 Å². The minimum absolute atomic E-state index is 0.251. The zero-order valence-electron chi connectivity index (χ0n) is 41.9. The van der Waals surface area contributed by atoms with Crippen LogP contribution in [0.5, 0.6) is 0 Å². The highest BCUT2D eigenvalue weighted by molar-refractivity contribution is 5.76. The van der Waals surface area contributed by atoms with E-state index in [-0.39, 0.29) is 18.9 Å². The number of aliphatic hydroxyl groups is 6. The van der Waals surface area contributed by atoms with Crippen LogP contribution in [0.3, 0.4) is 0 Å². The second-order valence-electron chi connectivity index (χ2n) is 19.9. The third kappa shape index (κ3) is 33.6. The third-order valence-corrected chi connectivity index (χ3v) is 13.8. The Morgan fingerprint density at radius 1 is 0.484 bits per heavy atom. The number of nitrogens with one attached hydrogen (secondary N) is 1. The average Bonchev–Trinajstić information content (AvgIpc) is 3.29. The highest BCUT2D eigenvalue weighted by Crippen LogP contribution is 2.23. The normalized spacial score (nSPS) is 20.4. The summed E-state index contributed by atoms with van der Waals surface area (Å²) in [6.07, 6.45) is 41.2. The number of carbonyl (C=O) groups is 1. The monoisotopic (exact) mass is 914 g/mol. The Labute approximate surface area is 394 Å². The van der Waals surface area contributed by atoms with Gasteiger partial charge in [-0.3, -0.25) is 4.79 Å². The molecule has 0 bridgehead atoms. The van der Waals surface area contributed by atoms with Crippen LogP contribution < -0.4 is 5.32 Å². The zero-order valence-corrected chi connectivity index (χ0v) is 41.9. The van der Waals surface area contributed by atoms with Crippen molar-refractivity contribution in [1.82, 2.24) is 5.32 Å². The second-order valence-corrected chi connectivity index (χ2v) is 19.9. The molecule has 1 saturated heterocycles. The molecular formula is C54H107NO9. The average molecular weight is 914 g/mol. The number of hydrogen-bond donors (Lipinski definition) is 7. The number of hydrogen-bond acceptors (Lipinski definition) is 9. The maximum Gasteiger partial charge on any atom is 0.220 e. The molecule has 0 aliphatic carbocycles. The van der Waals surface area contributed by atoms with Crippen LogP contribution in [-0.2, 0) is 14.3 Å². The first-order valence-electron chi connectivity index (χ1n) is 27.8. The van der Waals surface area contributed by atoms with Crippen LogP contribution in [0.4, 0.5) is 0 Å². The standard InChI is InChI=1S/C54H107NO9/c1-3-5-7-9-11-13-15-17-19-20-21-22-23-24-25-26-27-28-29-31-33-35-37-39-41-43-49(58)55-46(45-63-54-53(62)52(61)51(60)48(44-56)64-54)50(59)47(57)42-40-38-36-34-32-30-18-16-14-12-10-8-6-4-2/h46-48,50-54,56-57,59-62H,3-45H2,1-2H3,(H,55,58)/t46-,47+,48+,50-,51-,52?,53?,54+/m0/s1. The van der Waals surface area contributed by atoms with E-state index in [9.17, 15) is 35.4 Å². The molecule has 0 spiro atoms. The Bertz CT molecular complexity index is 988. The Hall–Kier alpha value is -0.850. The molecule has 0 aromatic rings. The van der Waals surface area contributed by atoms with Gasteiger partial charge in [-0.05, 0) is 12.8 Å². The second kappa shape index (κ2) is 44.6. The van der Waals surface area contributed by atoms with E-state index in [2.05, 4.69) is 19.2 Å². The van der Waals surface area contributed by atoms with Gasteiger partial charge in [-0.15, -0.1) is 0 Å². The van der Waals surface area contributed by atoms with E-state index in [1.807, 2.05) is 0 Å². The van der Waals surface area contributed by atoms with Gasteiger partial charge in [-0.1, -0.05) is 258 Å². The van der Waals surface area contributed by atoms with Crippen molar-refractivity contribution < 1.29 is 44.9 Å². The Kier molecular flexibility index (Phi) is 42.7. The molecule has 1 fully saturated rings. The van der Waals surface area contributed by atoms with Crippen molar-refractivity contribution in [3.8, 4) is 0 Å². The first-order valence-corrected chi connectivity index (χ1v) is 27.8. The summed E-state index contributed by atoms with van der Waals surface area (Å²) >= 11 is 0. The summed E-state index contributed by atoms with van der Waals surface area (Å²) < 4.78 is 11.2. The van der Waals surface area contributed by atoms with Gasteiger partial charge in [0, 0.05) is 6.42 Å². The SMILES string of the molecule is CCCCCCCCCCCCCCCCCCCCCCCCCCCC(=O)N[C@@H](CO[C@@H]1O[C@H](CO)[C@H](O)C(O)C1O)[C@H](O)[C@H](O)CCCCCCCCCCCCCCCC. The molecule has 64 heavy (non-hydrogen) atoms. The quantitative estimate of drug-likeness (QED) is 0.0294. The first-order chi connectivity index (χ1) is 31.3. The lowest BCUT2D eigenvalue weighted by atomic mass is 9.98. The maximum absolute atomic E-state index is 13.1. The van der Waals surface area contributed by atoms with Crippen molar-refractivity contribution in [2.45, 2.75) is 326 Å². The topological polar surface area (TPSA) is 169 Å². The summed E-state index contributed by atoms with van der Waals surface area (Å²) in [6, 6.07) is -0.985. The summed E-state index contributed by atoms with van der Waals surface area (Å²) in [7, 11) is 0. The largest absolute Gasteiger partial charge is 0.394 e. The number of rotatable bonds is 48. The van der Waals surface area contributed by atoms with Gasteiger partial charge in [0.25, 0.3) is 0 Å². The van der Waals surface area contributed by atoms with Gasteiger partial charge in [0.15, 0.2) is 6.29 Å². The van der Waals surface area contributed by atoms with E-state index in [1.165, 1.54) is 212 Å². The lowest BCUT2D eigenvalue weighted by Gasteiger charge is -2.40. The van der Waals surface area contributed by atoms with Crippen LogP contribution >= 0.6 is 0 Å². The van der Waals surface area contributed by atoms with Crippen LogP contribution in [0, 0.1) is 0 Å². The first kappa shape index (κ1) is 61.2. The molecule has 0 aromatic carbocycles. The minimum atomic E-state index is -1.60. The summed E-state index contributed by atoms with van der Waals surface area (Å²) in [5.41, 5.74) is 0. The van der Waals surface area contributed by atoms with Gasteiger partial charge in [0.2, 0.25) is 5.91 Å². The molecule has 7 N–H and O–H groups in total. The van der Waals surface area contributed by atoms with E-state index in [0.29, 0.717) is 6.42 Å². The Morgan fingerprint density at radius 2 is 0.812 bits per heavy atom. The Morgan fingerprint density at radius 3 is 1.16 bits per heavy atom. The molecule has 1 heterocycles. The molecule has 1 rings (SSSR count). The molecule has 10 nitrogen and oxygen atoms in total. The number of unbranched alkanes of at least 4 members (excludes halogenated alkanes) is 37. The zero-order chi connectivity index (χ0) is 46.7. The van der Waals surface area contributed by atoms with Crippen LogP contribution in [0.15, 0.2) is 0 Å². The molecule has 382 valence electrons. The summed E-state index contributed by atoms with van der Waals surface area (Å²) in [5.74, 6) is -0.251.